The van der Waals surface area contributed by atoms with Crippen molar-refractivity contribution in [3.05, 3.63) is 58.0 Å². The summed E-state index contributed by atoms with van der Waals surface area (Å²) in [6.07, 6.45) is -0.0560. The van der Waals surface area contributed by atoms with Crippen LogP contribution in [0.5, 0.6) is 0 Å². The summed E-state index contributed by atoms with van der Waals surface area (Å²) in [6.45, 7) is 5.87. The number of para-hydroxylation sites is 1. The minimum atomic E-state index is -0.527. The summed E-state index contributed by atoms with van der Waals surface area (Å²) < 4.78 is 1.57. The fourth-order valence-corrected chi connectivity index (χ4v) is 2.29. The van der Waals surface area contributed by atoms with Crippen molar-refractivity contribution in [3.8, 4) is 5.69 Å². The number of aliphatic hydroxyl groups excluding tert-OH is 1. The van der Waals surface area contributed by atoms with E-state index in [1.165, 1.54) is 6.07 Å². The van der Waals surface area contributed by atoms with Gasteiger partial charge in [-0.3, -0.25) is 9.59 Å². The molecular formula is C18H23N3O3. The molecule has 1 aromatic carbocycles. The van der Waals surface area contributed by atoms with Gasteiger partial charge < -0.3 is 10.4 Å². The number of benzene rings is 1. The summed E-state index contributed by atoms with van der Waals surface area (Å²) in [5, 5.41) is 16.6. The average molecular weight is 329 g/mol. The molecule has 1 amide bonds. The van der Waals surface area contributed by atoms with Crippen LogP contribution < -0.4 is 10.7 Å². The summed E-state index contributed by atoms with van der Waals surface area (Å²) in [7, 11) is 0. The number of hydrogen-bond acceptors (Lipinski definition) is 4. The first-order valence-electron chi connectivity index (χ1n) is 8.03. The quantitative estimate of drug-likeness (QED) is 0.844. The van der Waals surface area contributed by atoms with E-state index in [4.69, 9.17) is 0 Å². The highest BCUT2D eigenvalue weighted by Gasteiger charge is 2.16. The Morgan fingerprint density at radius 2 is 1.96 bits per heavy atom. The number of nitrogens with one attached hydrogen (secondary N) is 1. The van der Waals surface area contributed by atoms with Crippen LogP contribution in [-0.2, 0) is 0 Å². The minimum absolute atomic E-state index is 0.120. The fraction of sp³-hybridized carbons (Fsp3) is 0.389. The number of rotatable bonds is 6. The van der Waals surface area contributed by atoms with Crippen LogP contribution in [0.4, 0.5) is 0 Å². The Morgan fingerprint density at radius 3 is 2.58 bits per heavy atom. The highest BCUT2D eigenvalue weighted by Crippen LogP contribution is 2.08. The lowest BCUT2D eigenvalue weighted by Crippen LogP contribution is -2.34. The molecule has 0 saturated heterocycles. The molecule has 0 fully saturated rings. The second-order valence-corrected chi connectivity index (χ2v) is 6.10. The molecule has 6 heteroatoms. The summed E-state index contributed by atoms with van der Waals surface area (Å²) >= 11 is 0. The van der Waals surface area contributed by atoms with Crippen molar-refractivity contribution in [2.75, 3.05) is 6.54 Å². The molecule has 0 spiro atoms. The SMILES string of the molecule is Cc1cc(=O)c(C(=O)NCCC(O)C(C)C)nn1-c1ccccc1. The third kappa shape index (κ3) is 4.29. The second kappa shape index (κ2) is 7.88. The van der Waals surface area contributed by atoms with Crippen molar-refractivity contribution in [3.63, 3.8) is 0 Å². The molecule has 1 unspecified atom stereocenters. The fourth-order valence-electron chi connectivity index (χ4n) is 2.29. The molecular weight excluding hydrogens is 306 g/mol. The lowest BCUT2D eigenvalue weighted by molar-refractivity contribution is 0.0913. The van der Waals surface area contributed by atoms with Gasteiger partial charge >= 0.3 is 0 Å². The zero-order chi connectivity index (χ0) is 17.7. The topological polar surface area (TPSA) is 84.2 Å². The van der Waals surface area contributed by atoms with E-state index in [0.29, 0.717) is 18.7 Å². The molecule has 2 rings (SSSR count). The first kappa shape index (κ1) is 17.9. The van der Waals surface area contributed by atoms with Crippen LogP contribution >= 0.6 is 0 Å². The number of aliphatic hydroxyl groups is 1. The van der Waals surface area contributed by atoms with E-state index in [2.05, 4.69) is 10.4 Å². The third-order valence-electron chi connectivity index (χ3n) is 3.82. The van der Waals surface area contributed by atoms with Gasteiger partial charge in [0.05, 0.1) is 11.8 Å². The Kier molecular flexibility index (Phi) is 5.87. The summed E-state index contributed by atoms with van der Waals surface area (Å²) in [5.41, 5.74) is 0.863. The van der Waals surface area contributed by atoms with Crippen molar-refractivity contribution in [1.29, 1.82) is 0 Å². The maximum absolute atomic E-state index is 12.2. The summed E-state index contributed by atoms with van der Waals surface area (Å²) in [4.78, 5) is 24.3. The number of nitrogens with zero attached hydrogens (tertiary/aromatic N) is 2. The van der Waals surface area contributed by atoms with Gasteiger partial charge in [0.15, 0.2) is 5.69 Å². The Hall–Kier alpha value is -2.47. The maximum atomic E-state index is 12.2. The number of hydrogen-bond donors (Lipinski definition) is 2. The number of amides is 1. The molecule has 0 bridgehead atoms. The molecule has 0 aliphatic heterocycles. The van der Waals surface area contributed by atoms with E-state index in [1.54, 1.807) is 11.6 Å². The molecule has 1 atom stereocenters. The van der Waals surface area contributed by atoms with Crippen LogP contribution in [0.15, 0.2) is 41.2 Å². The number of carbonyl (C=O) groups is 1. The van der Waals surface area contributed by atoms with Gasteiger partial charge in [-0.2, -0.15) is 5.10 Å². The molecule has 6 nitrogen and oxygen atoms in total. The predicted octanol–water partition coefficient (Wildman–Crippen LogP) is 1.68. The maximum Gasteiger partial charge on any atom is 0.275 e. The van der Waals surface area contributed by atoms with Crippen LogP contribution in [0.2, 0.25) is 0 Å². The van der Waals surface area contributed by atoms with Crippen LogP contribution in [-0.4, -0.2) is 33.4 Å². The normalized spacial score (nSPS) is 12.2. The Balaban J connectivity index is 2.18. The van der Waals surface area contributed by atoms with Gasteiger partial charge in [0.1, 0.15) is 0 Å². The number of carbonyl (C=O) groups excluding carboxylic acids is 1. The van der Waals surface area contributed by atoms with Crippen LogP contribution in [0.1, 0.15) is 36.5 Å². The van der Waals surface area contributed by atoms with Crippen LogP contribution in [0.3, 0.4) is 0 Å². The van der Waals surface area contributed by atoms with E-state index in [1.807, 2.05) is 44.2 Å². The average Bonchev–Trinajstić information content (AvgIpc) is 2.55. The highest BCUT2D eigenvalue weighted by molar-refractivity contribution is 5.92. The monoisotopic (exact) mass is 329 g/mol. The van der Waals surface area contributed by atoms with E-state index < -0.39 is 17.4 Å². The standard InChI is InChI=1S/C18H23N3O3/c1-12(2)15(22)9-10-19-18(24)17-16(23)11-13(3)21(20-17)14-7-5-4-6-8-14/h4-8,11-12,15,22H,9-10H2,1-3H3,(H,19,24). The molecule has 0 radical (unpaired) electrons. The Labute approximate surface area is 141 Å². The first-order valence-corrected chi connectivity index (χ1v) is 8.03. The van der Waals surface area contributed by atoms with Crippen molar-refractivity contribution in [2.45, 2.75) is 33.3 Å². The second-order valence-electron chi connectivity index (χ2n) is 6.10. The number of aryl methyl sites for hydroxylation is 1. The van der Waals surface area contributed by atoms with E-state index >= 15 is 0 Å². The number of aromatic nitrogens is 2. The molecule has 0 aliphatic rings. The van der Waals surface area contributed by atoms with Gasteiger partial charge in [0.2, 0.25) is 5.43 Å². The first-order chi connectivity index (χ1) is 11.4. The molecule has 1 aromatic heterocycles. The van der Waals surface area contributed by atoms with Gasteiger partial charge in [-0.25, -0.2) is 4.68 Å². The van der Waals surface area contributed by atoms with Crippen LogP contribution in [0.25, 0.3) is 5.69 Å². The lowest BCUT2D eigenvalue weighted by Gasteiger charge is -2.14. The molecule has 128 valence electrons. The zero-order valence-corrected chi connectivity index (χ0v) is 14.2. The van der Waals surface area contributed by atoms with E-state index in [9.17, 15) is 14.7 Å². The van der Waals surface area contributed by atoms with Crippen molar-refractivity contribution in [1.82, 2.24) is 15.1 Å². The van der Waals surface area contributed by atoms with Gasteiger partial charge in [-0.05, 0) is 31.4 Å². The highest BCUT2D eigenvalue weighted by atomic mass is 16.3. The third-order valence-corrected chi connectivity index (χ3v) is 3.82. The van der Waals surface area contributed by atoms with Gasteiger partial charge in [0.25, 0.3) is 5.91 Å². The zero-order valence-electron chi connectivity index (χ0n) is 14.2. The van der Waals surface area contributed by atoms with E-state index in [-0.39, 0.29) is 11.6 Å². The van der Waals surface area contributed by atoms with Gasteiger partial charge in [-0.1, -0.05) is 32.0 Å². The molecule has 1 heterocycles. The van der Waals surface area contributed by atoms with Crippen LogP contribution in [0, 0.1) is 12.8 Å². The van der Waals surface area contributed by atoms with E-state index in [0.717, 1.165) is 5.69 Å². The predicted molar refractivity (Wildman–Crippen MR) is 92.4 cm³/mol. The summed E-state index contributed by atoms with van der Waals surface area (Å²) in [6, 6.07) is 10.7. The minimum Gasteiger partial charge on any atom is -0.393 e. The molecule has 0 aliphatic carbocycles. The summed E-state index contributed by atoms with van der Waals surface area (Å²) in [5.74, 6) is -0.407. The van der Waals surface area contributed by atoms with Crippen molar-refractivity contribution >= 4 is 5.91 Å². The molecule has 2 aromatic rings. The van der Waals surface area contributed by atoms with Gasteiger partial charge in [-0.15, -0.1) is 0 Å². The molecule has 2 N–H and O–H groups in total. The largest absolute Gasteiger partial charge is 0.393 e. The van der Waals surface area contributed by atoms with Crippen molar-refractivity contribution < 1.29 is 9.90 Å². The molecule has 0 saturated carbocycles. The Morgan fingerprint density at radius 1 is 1.29 bits per heavy atom. The van der Waals surface area contributed by atoms with Crippen molar-refractivity contribution in [2.24, 2.45) is 5.92 Å². The smallest absolute Gasteiger partial charge is 0.275 e. The Bertz CT molecular complexity index is 754. The molecule has 24 heavy (non-hydrogen) atoms. The van der Waals surface area contributed by atoms with Gasteiger partial charge in [0, 0.05) is 18.3 Å². The lowest BCUT2D eigenvalue weighted by atomic mass is 10.0.